The fourth-order valence-corrected chi connectivity index (χ4v) is 2.42. The van der Waals surface area contributed by atoms with Gasteiger partial charge in [0.1, 0.15) is 11.3 Å². The summed E-state index contributed by atoms with van der Waals surface area (Å²) in [5, 5.41) is 2.96. The van der Waals surface area contributed by atoms with Crippen molar-refractivity contribution < 1.29 is 27.2 Å². The number of hydrogen-bond acceptors (Lipinski definition) is 3. The molecule has 1 aromatic heterocycles. The van der Waals surface area contributed by atoms with Crippen LogP contribution in [0, 0.1) is 0 Å². The van der Waals surface area contributed by atoms with Gasteiger partial charge >= 0.3 is 6.18 Å². The van der Waals surface area contributed by atoms with Crippen molar-refractivity contribution in [1.29, 1.82) is 0 Å². The van der Waals surface area contributed by atoms with Gasteiger partial charge < -0.3 is 15.5 Å². The Hall–Kier alpha value is -3.55. The second-order valence-corrected chi connectivity index (χ2v) is 5.65. The minimum absolute atomic E-state index is 0.0588. The van der Waals surface area contributed by atoms with E-state index in [0.717, 1.165) is 18.2 Å². The lowest BCUT2D eigenvalue weighted by atomic mass is 10.1. The smallest absolute Gasteiger partial charge is 0.416 e. The molecule has 2 amide bonds. The summed E-state index contributed by atoms with van der Waals surface area (Å²) in [7, 11) is 0. The third-order valence-electron chi connectivity index (χ3n) is 3.69. The molecule has 0 aliphatic carbocycles. The lowest BCUT2D eigenvalue weighted by molar-refractivity contribution is -0.137. The lowest BCUT2D eigenvalue weighted by Gasteiger charge is -2.08. The number of nitrogens with one attached hydrogen (secondary N) is 1. The number of amides is 2. The first-order valence-electron chi connectivity index (χ1n) is 7.73. The van der Waals surface area contributed by atoms with E-state index < -0.39 is 23.6 Å². The summed E-state index contributed by atoms with van der Waals surface area (Å²) in [6.07, 6.45) is -3.47. The van der Waals surface area contributed by atoms with Gasteiger partial charge in [-0.3, -0.25) is 9.59 Å². The van der Waals surface area contributed by atoms with Gasteiger partial charge in [0.15, 0.2) is 5.76 Å². The molecule has 2 aromatic carbocycles. The van der Waals surface area contributed by atoms with Gasteiger partial charge in [-0.25, -0.2) is 0 Å². The summed E-state index contributed by atoms with van der Waals surface area (Å²) >= 11 is 0. The highest BCUT2D eigenvalue weighted by Gasteiger charge is 2.30. The van der Waals surface area contributed by atoms with Crippen LogP contribution < -0.4 is 11.1 Å². The van der Waals surface area contributed by atoms with Crippen LogP contribution in [0.15, 0.2) is 64.7 Å². The van der Waals surface area contributed by atoms with Gasteiger partial charge in [-0.05, 0) is 35.9 Å². The first-order valence-corrected chi connectivity index (χ1v) is 7.73. The summed E-state index contributed by atoms with van der Waals surface area (Å²) in [4.78, 5) is 23.9. The van der Waals surface area contributed by atoms with Crippen molar-refractivity contribution >= 4 is 28.9 Å². The highest BCUT2D eigenvalue weighted by atomic mass is 19.4. The zero-order chi connectivity index (χ0) is 19.6. The highest BCUT2D eigenvalue weighted by molar-refractivity contribution is 6.04. The number of benzene rings is 2. The van der Waals surface area contributed by atoms with Gasteiger partial charge in [-0.15, -0.1) is 0 Å². The van der Waals surface area contributed by atoms with Crippen LogP contribution in [0.4, 0.5) is 13.2 Å². The third kappa shape index (κ3) is 4.17. The van der Waals surface area contributed by atoms with Crippen LogP contribution in [-0.4, -0.2) is 11.8 Å². The van der Waals surface area contributed by atoms with Crippen molar-refractivity contribution in [1.82, 2.24) is 5.32 Å². The van der Waals surface area contributed by atoms with E-state index in [1.54, 1.807) is 24.3 Å². The summed E-state index contributed by atoms with van der Waals surface area (Å²) in [6, 6.07) is 12.7. The Morgan fingerprint density at radius 3 is 2.44 bits per heavy atom. The number of fused-ring (bicyclic) bond motifs is 1. The number of carbonyl (C=O) groups is 2. The number of rotatable bonds is 4. The highest BCUT2D eigenvalue weighted by Crippen LogP contribution is 2.30. The molecule has 0 aliphatic heterocycles. The molecule has 1 heterocycles. The topological polar surface area (TPSA) is 85.3 Å². The minimum atomic E-state index is -4.53. The second kappa shape index (κ2) is 6.99. The number of hydrogen-bond donors (Lipinski definition) is 2. The number of para-hydroxylation sites is 1. The van der Waals surface area contributed by atoms with Crippen LogP contribution >= 0.6 is 0 Å². The van der Waals surface area contributed by atoms with Gasteiger partial charge in [0.05, 0.1) is 5.56 Å². The summed E-state index contributed by atoms with van der Waals surface area (Å²) in [5.74, 6) is -1.81. The number of carbonyl (C=O) groups excluding carboxylic acids is 2. The minimum Gasteiger partial charge on any atom is -0.451 e. The molecular formula is C19H13F3N2O3. The van der Waals surface area contributed by atoms with Crippen molar-refractivity contribution in [2.24, 2.45) is 5.73 Å². The molecule has 138 valence electrons. The fraction of sp³-hybridized carbons (Fsp3) is 0.0526. The fourth-order valence-electron chi connectivity index (χ4n) is 2.42. The van der Waals surface area contributed by atoms with Crippen LogP contribution in [0.25, 0.3) is 17.0 Å². The third-order valence-corrected chi connectivity index (χ3v) is 3.69. The molecule has 0 spiro atoms. The van der Waals surface area contributed by atoms with Crippen molar-refractivity contribution in [3.05, 3.63) is 77.2 Å². The van der Waals surface area contributed by atoms with Crippen LogP contribution in [0.5, 0.6) is 0 Å². The van der Waals surface area contributed by atoms with Crippen LogP contribution in [0.1, 0.15) is 21.7 Å². The molecule has 3 N–H and O–H groups in total. The standard InChI is InChI=1S/C19H13F3N2O3/c20-19(21,22)13-6-3-4-11(8-13)9-14(17(23)25)24-18(26)16-10-12-5-1-2-7-15(12)27-16/h1-10H,(H2,23,25)(H,24,26)/b14-9+. The van der Waals surface area contributed by atoms with E-state index in [-0.39, 0.29) is 17.0 Å². The van der Waals surface area contributed by atoms with Crippen LogP contribution in [-0.2, 0) is 11.0 Å². The quantitative estimate of drug-likeness (QED) is 0.683. The van der Waals surface area contributed by atoms with E-state index in [1.807, 2.05) is 0 Å². The first-order chi connectivity index (χ1) is 12.7. The SMILES string of the molecule is NC(=O)/C(=C\c1cccc(C(F)(F)F)c1)NC(=O)c1cc2ccccc2o1. The van der Waals surface area contributed by atoms with E-state index in [0.29, 0.717) is 11.0 Å². The zero-order valence-electron chi connectivity index (χ0n) is 13.7. The maximum atomic E-state index is 12.8. The molecule has 0 radical (unpaired) electrons. The Kier molecular flexibility index (Phi) is 4.72. The Labute approximate surface area is 151 Å². The normalized spacial score (nSPS) is 12.2. The summed E-state index contributed by atoms with van der Waals surface area (Å²) < 4.78 is 43.8. The molecule has 0 aliphatic rings. The second-order valence-electron chi connectivity index (χ2n) is 5.65. The van der Waals surface area contributed by atoms with E-state index in [1.165, 1.54) is 18.2 Å². The molecule has 3 aromatic rings. The van der Waals surface area contributed by atoms with Gasteiger partial charge in [0.25, 0.3) is 11.8 Å². The zero-order valence-corrected chi connectivity index (χ0v) is 13.7. The molecule has 8 heteroatoms. The van der Waals surface area contributed by atoms with Crippen molar-refractivity contribution in [3.63, 3.8) is 0 Å². The molecule has 0 unspecified atom stereocenters. The van der Waals surface area contributed by atoms with Gasteiger partial charge in [0, 0.05) is 5.39 Å². The Morgan fingerprint density at radius 1 is 1.04 bits per heavy atom. The average molecular weight is 374 g/mol. The molecule has 0 atom stereocenters. The van der Waals surface area contributed by atoms with Gasteiger partial charge in [0.2, 0.25) is 0 Å². The van der Waals surface area contributed by atoms with Gasteiger partial charge in [-0.2, -0.15) is 13.2 Å². The largest absolute Gasteiger partial charge is 0.451 e. The van der Waals surface area contributed by atoms with Crippen LogP contribution in [0.2, 0.25) is 0 Å². The Balaban J connectivity index is 1.88. The number of nitrogens with two attached hydrogens (primary N) is 1. The van der Waals surface area contributed by atoms with E-state index in [4.69, 9.17) is 10.2 Å². The average Bonchev–Trinajstić information content (AvgIpc) is 3.05. The number of halogens is 3. The first kappa shape index (κ1) is 18.2. The Morgan fingerprint density at radius 2 is 1.78 bits per heavy atom. The molecule has 0 saturated carbocycles. The lowest BCUT2D eigenvalue weighted by Crippen LogP contribution is -2.30. The van der Waals surface area contributed by atoms with E-state index in [9.17, 15) is 22.8 Å². The predicted octanol–water partition coefficient (Wildman–Crippen LogP) is 3.71. The summed E-state index contributed by atoms with van der Waals surface area (Å²) in [5.41, 5.74) is 4.52. The van der Waals surface area contributed by atoms with Crippen molar-refractivity contribution in [3.8, 4) is 0 Å². The molecule has 27 heavy (non-hydrogen) atoms. The molecule has 0 fully saturated rings. The predicted molar refractivity (Wildman–Crippen MR) is 92.3 cm³/mol. The van der Waals surface area contributed by atoms with Crippen molar-refractivity contribution in [2.45, 2.75) is 6.18 Å². The van der Waals surface area contributed by atoms with E-state index in [2.05, 4.69) is 5.32 Å². The molecule has 0 bridgehead atoms. The molecule has 3 rings (SSSR count). The Bertz CT molecular complexity index is 1020. The molecular weight excluding hydrogens is 361 g/mol. The maximum absolute atomic E-state index is 12.8. The van der Waals surface area contributed by atoms with Crippen molar-refractivity contribution in [2.75, 3.05) is 0 Å². The maximum Gasteiger partial charge on any atom is 0.416 e. The van der Waals surface area contributed by atoms with Gasteiger partial charge in [-0.1, -0.05) is 30.3 Å². The monoisotopic (exact) mass is 374 g/mol. The molecule has 5 nitrogen and oxygen atoms in total. The van der Waals surface area contributed by atoms with Crippen LogP contribution in [0.3, 0.4) is 0 Å². The number of alkyl halides is 3. The molecule has 0 saturated heterocycles. The van der Waals surface area contributed by atoms with E-state index >= 15 is 0 Å². The number of furan rings is 1. The summed E-state index contributed by atoms with van der Waals surface area (Å²) in [6.45, 7) is 0. The number of primary amides is 1.